The Bertz CT molecular complexity index is 616. The number of piperidine rings is 1. The summed E-state index contributed by atoms with van der Waals surface area (Å²) in [5.41, 5.74) is 0.806. The summed E-state index contributed by atoms with van der Waals surface area (Å²) in [5, 5.41) is 0. The lowest BCUT2D eigenvalue weighted by Crippen LogP contribution is -2.46. The summed E-state index contributed by atoms with van der Waals surface area (Å²) in [6, 6.07) is 7.80. The Morgan fingerprint density at radius 1 is 1.33 bits per heavy atom. The topological polar surface area (TPSA) is 49.9 Å². The standard InChI is InChI=1S/C19H26N2O3/c1-3-15-7-4-5-10-20(15)19(23)14-11-18(22)21(13-14)16-8-6-9-17(12-16)24-2/h6,8-9,12,14-15H,3-5,7,10-11,13H2,1-2H3/t14-,15+/m1/s1. The SMILES string of the molecule is CC[C@H]1CCCCN1C(=O)[C@@H]1CC(=O)N(c2cccc(OC)c2)C1. The van der Waals surface area contributed by atoms with Gasteiger partial charge in [-0.15, -0.1) is 0 Å². The maximum atomic E-state index is 12.9. The smallest absolute Gasteiger partial charge is 0.228 e. The molecule has 0 saturated carbocycles. The number of likely N-dealkylation sites (tertiary alicyclic amines) is 1. The molecule has 0 radical (unpaired) electrons. The molecule has 2 fully saturated rings. The highest BCUT2D eigenvalue weighted by atomic mass is 16.5. The van der Waals surface area contributed by atoms with E-state index in [-0.39, 0.29) is 17.7 Å². The van der Waals surface area contributed by atoms with Crippen LogP contribution in [-0.4, -0.2) is 43.0 Å². The lowest BCUT2D eigenvalue weighted by molar-refractivity contribution is -0.139. The second-order valence-corrected chi connectivity index (χ2v) is 6.70. The average Bonchev–Trinajstić information content (AvgIpc) is 3.02. The van der Waals surface area contributed by atoms with Crippen LogP contribution in [0.2, 0.25) is 0 Å². The Labute approximate surface area is 143 Å². The number of benzene rings is 1. The minimum absolute atomic E-state index is 0.0201. The summed E-state index contributed by atoms with van der Waals surface area (Å²) >= 11 is 0. The van der Waals surface area contributed by atoms with E-state index in [1.807, 2.05) is 29.2 Å². The van der Waals surface area contributed by atoms with E-state index in [2.05, 4.69) is 6.92 Å². The number of hydrogen-bond acceptors (Lipinski definition) is 3. The van der Waals surface area contributed by atoms with Crippen LogP contribution in [0.3, 0.4) is 0 Å². The number of nitrogens with zero attached hydrogens (tertiary/aromatic N) is 2. The molecular formula is C19H26N2O3. The van der Waals surface area contributed by atoms with Gasteiger partial charge in [0.2, 0.25) is 11.8 Å². The van der Waals surface area contributed by atoms with Gasteiger partial charge >= 0.3 is 0 Å². The third kappa shape index (κ3) is 3.25. The van der Waals surface area contributed by atoms with Crippen molar-refractivity contribution in [1.82, 2.24) is 4.90 Å². The van der Waals surface area contributed by atoms with Crippen LogP contribution in [-0.2, 0) is 9.59 Å². The van der Waals surface area contributed by atoms with Gasteiger partial charge in [0, 0.05) is 37.3 Å². The molecule has 0 spiro atoms. The summed E-state index contributed by atoms with van der Waals surface area (Å²) < 4.78 is 5.23. The van der Waals surface area contributed by atoms with E-state index in [1.54, 1.807) is 12.0 Å². The summed E-state index contributed by atoms with van der Waals surface area (Å²) in [7, 11) is 1.61. The molecule has 0 unspecified atom stereocenters. The quantitative estimate of drug-likeness (QED) is 0.853. The van der Waals surface area contributed by atoms with Gasteiger partial charge in [0.05, 0.1) is 13.0 Å². The molecule has 0 N–H and O–H groups in total. The molecule has 24 heavy (non-hydrogen) atoms. The third-order valence-corrected chi connectivity index (χ3v) is 5.22. The van der Waals surface area contributed by atoms with Crippen LogP contribution in [0.15, 0.2) is 24.3 Å². The molecule has 5 heteroatoms. The highest BCUT2D eigenvalue weighted by molar-refractivity contribution is 6.00. The average molecular weight is 330 g/mol. The first-order valence-electron chi connectivity index (χ1n) is 8.89. The van der Waals surface area contributed by atoms with Gasteiger partial charge in [0.1, 0.15) is 5.75 Å². The third-order valence-electron chi connectivity index (χ3n) is 5.22. The fourth-order valence-corrected chi connectivity index (χ4v) is 3.85. The lowest BCUT2D eigenvalue weighted by Gasteiger charge is -2.36. The molecule has 0 aromatic heterocycles. The predicted octanol–water partition coefficient (Wildman–Crippen LogP) is 2.84. The van der Waals surface area contributed by atoms with Gasteiger partial charge < -0.3 is 14.5 Å². The van der Waals surface area contributed by atoms with Crippen molar-refractivity contribution in [2.75, 3.05) is 25.1 Å². The van der Waals surface area contributed by atoms with E-state index in [4.69, 9.17) is 4.74 Å². The molecule has 2 amide bonds. The fraction of sp³-hybridized carbons (Fsp3) is 0.579. The highest BCUT2D eigenvalue weighted by Crippen LogP contribution is 2.30. The van der Waals surface area contributed by atoms with Crippen LogP contribution in [0.4, 0.5) is 5.69 Å². The molecule has 0 bridgehead atoms. The molecule has 1 aromatic rings. The van der Waals surface area contributed by atoms with Gasteiger partial charge in [-0.25, -0.2) is 0 Å². The second kappa shape index (κ2) is 7.24. The largest absolute Gasteiger partial charge is 0.497 e. The fourth-order valence-electron chi connectivity index (χ4n) is 3.85. The van der Waals surface area contributed by atoms with Gasteiger partial charge in [0.15, 0.2) is 0 Å². The first-order valence-corrected chi connectivity index (χ1v) is 8.89. The summed E-state index contributed by atoms with van der Waals surface area (Å²) in [6.07, 6.45) is 4.65. The number of methoxy groups -OCH3 is 1. The maximum absolute atomic E-state index is 12.9. The number of ether oxygens (including phenoxy) is 1. The number of amides is 2. The van der Waals surface area contributed by atoms with Crippen molar-refractivity contribution in [3.63, 3.8) is 0 Å². The number of carbonyl (C=O) groups excluding carboxylic acids is 2. The van der Waals surface area contributed by atoms with Crippen molar-refractivity contribution in [2.24, 2.45) is 5.92 Å². The molecule has 5 nitrogen and oxygen atoms in total. The molecule has 2 aliphatic heterocycles. The molecule has 3 rings (SSSR count). The number of anilines is 1. The molecule has 0 aliphatic carbocycles. The Morgan fingerprint density at radius 3 is 2.92 bits per heavy atom. The van der Waals surface area contributed by atoms with Crippen molar-refractivity contribution in [1.29, 1.82) is 0 Å². The second-order valence-electron chi connectivity index (χ2n) is 6.70. The summed E-state index contributed by atoms with van der Waals surface area (Å²) in [6.45, 7) is 3.44. The van der Waals surface area contributed by atoms with Gasteiger partial charge in [-0.05, 0) is 37.8 Å². The minimum atomic E-state index is -0.226. The van der Waals surface area contributed by atoms with Crippen molar-refractivity contribution in [2.45, 2.75) is 45.1 Å². The first kappa shape index (κ1) is 16.8. The van der Waals surface area contributed by atoms with Crippen LogP contribution in [0.5, 0.6) is 5.75 Å². The zero-order valence-corrected chi connectivity index (χ0v) is 14.5. The zero-order valence-electron chi connectivity index (χ0n) is 14.5. The Balaban J connectivity index is 1.72. The van der Waals surface area contributed by atoms with Crippen LogP contribution >= 0.6 is 0 Å². The molecule has 2 saturated heterocycles. The Kier molecular flexibility index (Phi) is 5.07. The van der Waals surface area contributed by atoms with Crippen molar-refractivity contribution < 1.29 is 14.3 Å². The number of hydrogen-bond donors (Lipinski definition) is 0. The van der Waals surface area contributed by atoms with E-state index in [1.165, 1.54) is 6.42 Å². The lowest BCUT2D eigenvalue weighted by atomic mass is 9.97. The summed E-state index contributed by atoms with van der Waals surface area (Å²) in [4.78, 5) is 29.1. The van der Waals surface area contributed by atoms with Gasteiger partial charge in [-0.3, -0.25) is 9.59 Å². The van der Waals surface area contributed by atoms with E-state index in [0.29, 0.717) is 19.0 Å². The van der Waals surface area contributed by atoms with Crippen LogP contribution < -0.4 is 9.64 Å². The predicted molar refractivity (Wildman–Crippen MR) is 93.1 cm³/mol. The Morgan fingerprint density at radius 2 is 2.17 bits per heavy atom. The molecule has 2 heterocycles. The van der Waals surface area contributed by atoms with Crippen LogP contribution in [0.25, 0.3) is 0 Å². The van der Waals surface area contributed by atoms with Gasteiger partial charge in [-0.1, -0.05) is 13.0 Å². The molecule has 1 aromatic carbocycles. The minimum Gasteiger partial charge on any atom is -0.497 e. The molecule has 2 atom stereocenters. The van der Waals surface area contributed by atoms with Gasteiger partial charge in [0.25, 0.3) is 0 Å². The monoisotopic (exact) mass is 330 g/mol. The van der Waals surface area contributed by atoms with E-state index < -0.39 is 0 Å². The number of carbonyl (C=O) groups is 2. The first-order chi connectivity index (χ1) is 11.6. The van der Waals surface area contributed by atoms with Crippen LogP contribution in [0, 0.1) is 5.92 Å². The van der Waals surface area contributed by atoms with E-state index >= 15 is 0 Å². The van der Waals surface area contributed by atoms with Crippen LogP contribution in [0.1, 0.15) is 39.0 Å². The molecular weight excluding hydrogens is 304 g/mol. The normalized spacial score (nSPS) is 24.3. The van der Waals surface area contributed by atoms with Crippen molar-refractivity contribution >= 4 is 17.5 Å². The van der Waals surface area contributed by atoms with E-state index in [9.17, 15) is 9.59 Å². The number of rotatable bonds is 4. The molecule has 130 valence electrons. The zero-order chi connectivity index (χ0) is 17.1. The van der Waals surface area contributed by atoms with Crippen molar-refractivity contribution in [3.05, 3.63) is 24.3 Å². The maximum Gasteiger partial charge on any atom is 0.228 e. The molecule has 2 aliphatic rings. The van der Waals surface area contributed by atoms with Gasteiger partial charge in [-0.2, -0.15) is 0 Å². The highest BCUT2D eigenvalue weighted by Gasteiger charge is 2.39. The summed E-state index contributed by atoms with van der Waals surface area (Å²) in [5.74, 6) is 0.667. The van der Waals surface area contributed by atoms with Crippen molar-refractivity contribution in [3.8, 4) is 5.75 Å². The Hall–Kier alpha value is -2.04. The van der Waals surface area contributed by atoms with E-state index in [0.717, 1.165) is 37.2 Å².